The minimum Gasteiger partial charge on any atom is -0.478 e. The number of pyridine rings is 2. The van der Waals surface area contributed by atoms with E-state index in [1.54, 1.807) is 0 Å². The molecule has 2 aromatic heterocycles. The second-order valence-corrected chi connectivity index (χ2v) is 3.58. The number of rotatable bonds is 3. The maximum atomic E-state index is 13.3. The van der Waals surface area contributed by atoms with Gasteiger partial charge in [-0.15, -0.1) is 0 Å². The number of hydrogen-bond acceptors (Lipinski definition) is 4. The van der Waals surface area contributed by atoms with Crippen molar-refractivity contribution in [2.45, 2.75) is 0 Å². The van der Waals surface area contributed by atoms with E-state index in [4.69, 9.17) is 5.11 Å². The Bertz CT molecular complexity index is 646. The lowest BCUT2D eigenvalue weighted by molar-refractivity contribution is 0.0696. The van der Waals surface area contributed by atoms with E-state index in [1.807, 2.05) is 0 Å². The summed E-state index contributed by atoms with van der Waals surface area (Å²) in [7, 11) is 0. The molecule has 0 aliphatic rings. The number of carboxylic acid groups (broad SMARTS) is 1. The fourth-order valence-electron chi connectivity index (χ4n) is 1.38. The van der Waals surface area contributed by atoms with E-state index in [2.05, 4.69) is 15.3 Å². The van der Waals surface area contributed by atoms with Crippen molar-refractivity contribution in [1.29, 1.82) is 0 Å². The van der Waals surface area contributed by atoms with Crippen LogP contribution in [0.4, 0.5) is 10.1 Å². The van der Waals surface area contributed by atoms with Gasteiger partial charge >= 0.3 is 5.97 Å². The topological polar surface area (TPSA) is 92.2 Å². The third-order valence-electron chi connectivity index (χ3n) is 2.26. The Labute approximate surface area is 106 Å². The molecule has 1 amide bonds. The highest BCUT2D eigenvalue weighted by Gasteiger charge is 2.12. The second-order valence-electron chi connectivity index (χ2n) is 3.58. The first-order chi connectivity index (χ1) is 9.08. The molecule has 0 aliphatic heterocycles. The van der Waals surface area contributed by atoms with Gasteiger partial charge in [-0.2, -0.15) is 0 Å². The van der Waals surface area contributed by atoms with Crippen LogP contribution in [0.3, 0.4) is 0 Å². The van der Waals surface area contributed by atoms with E-state index in [1.165, 1.54) is 24.5 Å². The molecule has 0 saturated heterocycles. The number of halogens is 1. The molecule has 0 aliphatic carbocycles. The van der Waals surface area contributed by atoms with Crippen molar-refractivity contribution < 1.29 is 19.1 Å². The first kappa shape index (κ1) is 12.6. The van der Waals surface area contributed by atoms with E-state index in [0.717, 1.165) is 12.4 Å². The van der Waals surface area contributed by atoms with Gasteiger partial charge < -0.3 is 10.4 Å². The number of anilines is 1. The van der Waals surface area contributed by atoms with Crippen molar-refractivity contribution in [1.82, 2.24) is 9.97 Å². The Hall–Kier alpha value is -2.83. The fourth-order valence-corrected chi connectivity index (χ4v) is 1.38. The molecule has 0 unspecified atom stereocenters. The average molecular weight is 261 g/mol. The van der Waals surface area contributed by atoms with Crippen molar-refractivity contribution in [2.75, 3.05) is 5.32 Å². The van der Waals surface area contributed by atoms with Gasteiger partial charge in [0, 0.05) is 12.4 Å². The molecule has 0 radical (unpaired) electrons. The summed E-state index contributed by atoms with van der Waals surface area (Å²) in [4.78, 5) is 29.7. The second kappa shape index (κ2) is 5.21. The molecule has 2 heterocycles. The molecule has 96 valence electrons. The van der Waals surface area contributed by atoms with Crippen LogP contribution < -0.4 is 5.32 Å². The maximum absolute atomic E-state index is 13.3. The van der Waals surface area contributed by atoms with Gasteiger partial charge in [-0.05, 0) is 12.1 Å². The van der Waals surface area contributed by atoms with E-state index < -0.39 is 17.7 Å². The Morgan fingerprint density at radius 3 is 2.68 bits per heavy atom. The van der Waals surface area contributed by atoms with Crippen molar-refractivity contribution in [3.63, 3.8) is 0 Å². The molecule has 0 atom stereocenters. The number of aromatic nitrogens is 2. The molecular weight excluding hydrogens is 253 g/mol. The van der Waals surface area contributed by atoms with Gasteiger partial charge in [-0.3, -0.25) is 14.8 Å². The van der Waals surface area contributed by atoms with Gasteiger partial charge in [0.2, 0.25) is 0 Å². The zero-order valence-corrected chi connectivity index (χ0v) is 9.50. The summed E-state index contributed by atoms with van der Waals surface area (Å²) in [6.45, 7) is 0. The summed E-state index contributed by atoms with van der Waals surface area (Å²) >= 11 is 0. The predicted octanol–water partition coefficient (Wildman–Crippen LogP) is 1.57. The van der Waals surface area contributed by atoms with E-state index in [-0.39, 0.29) is 16.8 Å². The van der Waals surface area contributed by atoms with Gasteiger partial charge in [0.25, 0.3) is 5.91 Å². The van der Waals surface area contributed by atoms with Gasteiger partial charge in [0.1, 0.15) is 0 Å². The highest BCUT2D eigenvalue weighted by molar-refractivity contribution is 6.04. The molecule has 0 spiro atoms. The molecule has 2 N–H and O–H groups in total. The van der Waals surface area contributed by atoms with Crippen LogP contribution in [0.25, 0.3) is 0 Å². The molecule has 2 aromatic rings. The van der Waals surface area contributed by atoms with Gasteiger partial charge in [0.05, 0.1) is 29.2 Å². The highest BCUT2D eigenvalue weighted by atomic mass is 19.1. The molecule has 19 heavy (non-hydrogen) atoms. The molecule has 0 aromatic carbocycles. The average Bonchev–Trinajstić information content (AvgIpc) is 2.39. The van der Waals surface area contributed by atoms with Crippen molar-refractivity contribution in [3.05, 3.63) is 53.9 Å². The Kier molecular flexibility index (Phi) is 3.46. The van der Waals surface area contributed by atoms with Crippen LogP contribution in [0.15, 0.2) is 36.9 Å². The largest absolute Gasteiger partial charge is 0.478 e. The molecule has 0 bridgehead atoms. The number of carboxylic acids is 1. The number of amides is 1. The van der Waals surface area contributed by atoms with Crippen molar-refractivity contribution in [2.24, 2.45) is 0 Å². The number of hydrogen-bond donors (Lipinski definition) is 2. The fraction of sp³-hybridized carbons (Fsp3) is 0. The Balaban J connectivity index is 2.22. The van der Waals surface area contributed by atoms with E-state index >= 15 is 0 Å². The van der Waals surface area contributed by atoms with E-state index in [0.29, 0.717) is 0 Å². The van der Waals surface area contributed by atoms with Crippen LogP contribution >= 0.6 is 0 Å². The normalized spacial score (nSPS) is 9.95. The summed E-state index contributed by atoms with van der Waals surface area (Å²) in [6, 6.07) is 2.45. The van der Waals surface area contributed by atoms with Crippen LogP contribution in [0.1, 0.15) is 20.7 Å². The van der Waals surface area contributed by atoms with Gasteiger partial charge in [0.15, 0.2) is 5.82 Å². The number of carbonyl (C=O) groups is 2. The van der Waals surface area contributed by atoms with Gasteiger partial charge in [-0.1, -0.05) is 0 Å². The third kappa shape index (κ3) is 2.89. The minimum absolute atomic E-state index is 0.0759. The van der Waals surface area contributed by atoms with Crippen molar-refractivity contribution >= 4 is 17.6 Å². The first-order valence-electron chi connectivity index (χ1n) is 5.17. The number of nitrogens with zero attached hydrogens (tertiary/aromatic N) is 2. The van der Waals surface area contributed by atoms with Crippen LogP contribution in [0, 0.1) is 5.82 Å². The minimum atomic E-state index is -1.17. The van der Waals surface area contributed by atoms with Crippen LogP contribution in [0.5, 0.6) is 0 Å². The van der Waals surface area contributed by atoms with Crippen LogP contribution in [0.2, 0.25) is 0 Å². The number of carbonyl (C=O) groups excluding carboxylic acids is 1. The summed E-state index contributed by atoms with van der Waals surface area (Å²) in [6.07, 6.45) is 4.61. The predicted molar refractivity (Wildman–Crippen MR) is 63.3 cm³/mol. The monoisotopic (exact) mass is 261 g/mol. The highest BCUT2D eigenvalue weighted by Crippen LogP contribution is 2.12. The number of nitrogens with one attached hydrogen (secondary N) is 1. The smallest absolute Gasteiger partial charge is 0.337 e. The zero-order chi connectivity index (χ0) is 13.8. The van der Waals surface area contributed by atoms with Gasteiger partial charge in [-0.25, -0.2) is 9.18 Å². The lowest BCUT2D eigenvalue weighted by Gasteiger charge is -2.05. The molecule has 0 saturated carbocycles. The molecular formula is C12H8FN3O3. The molecule has 2 rings (SSSR count). The summed E-state index contributed by atoms with van der Waals surface area (Å²) < 4.78 is 13.3. The van der Waals surface area contributed by atoms with Crippen molar-refractivity contribution in [3.8, 4) is 0 Å². The molecule has 7 heteroatoms. The van der Waals surface area contributed by atoms with Crippen LogP contribution in [-0.2, 0) is 0 Å². The van der Waals surface area contributed by atoms with E-state index in [9.17, 15) is 14.0 Å². The summed E-state index contributed by atoms with van der Waals surface area (Å²) in [5.41, 5.74) is -0.0927. The van der Waals surface area contributed by atoms with Crippen LogP contribution in [-0.4, -0.2) is 27.0 Å². The lowest BCUT2D eigenvalue weighted by Crippen LogP contribution is -2.14. The quantitative estimate of drug-likeness (QED) is 0.874. The lowest BCUT2D eigenvalue weighted by atomic mass is 10.2. The molecule has 6 nitrogen and oxygen atoms in total. The SMILES string of the molecule is O=C(O)c1cncc(NC(=O)c2ccncc2F)c1. The standard InChI is InChI=1S/C12H8FN3O3/c13-10-6-14-2-1-9(10)11(17)16-8-3-7(12(18)19)4-15-5-8/h1-6H,(H,16,17)(H,18,19). The number of aromatic carboxylic acids is 1. The maximum Gasteiger partial charge on any atom is 0.337 e. The summed E-state index contributed by atoms with van der Waals surface area (Å²) in [5.74, 6) is -2.63. The molecule has 0 fully saturated rings. The summed E-state index contributed by atoms with van der Waals surface area (Å²) in [5, 5.41) is 11.1. The Morgan fingerprint density at radius 1 is 1.21 bits per heavy atom. The first-order valence-corrected chi connectivity index (χ1v) is 5.17. The zero-order valence-electron chi connectivity index (χ0n) is 9.50. The Morgan fingerprint density at radius 2 is 2.00 bits per heavy atom. The third-order valence-corrected chi connectivity index (χ3v) is 2.26.